The van der Waals surface area contributed by atoms with Crippen molar-refractivity contribution in [2.24, 2.45) is 0 Å². The van der Waals surface area contributed by atoms with Crippen molar-refractivity contribution in [3.63, 3.8) is 0 Å². The first-order chi connectivity index (χ1) is 25.1. The van der Waals surface area contributed by atoms with Crippen molar-refractivity contribution in [1.82, 2.24) is 0 Å². The molecule has 0 saturated heterocycles. The van der Waals surface area contributed by atoms with Crippen molar-refractivity contribution in [3.05, 3.63) is 24.3 Å². The lowest BCUT2D eigenvalue weighted by Crippen LogP contribution is -2.25. The lowest BCUT2D eigenvalue weighted by atomic mass is 10.1. The monoisotopic (exact) mass is 727 g/mol. The molecule has 0 aliphatic rings. The number of hydrogen-bond acceptors (Lipinski definition) is 7. The van der Waals surface area contributed by atoms with Gasteiger partial charge in [-0.25, -0.2) is 0 Å². The molecule has 0 aromatic heterocycles. The maximum Gasteiger partial charge on any atom is 0.180 e. The van der Waals surface area contributed by atoms with E-state index >= 15 is 0 Å². The number of allylic oxidation sites excluding steroid dienone is 2. The lowest BCUT2D eigenvalue weighted by molar-refractivity contribution is -0.208. The molecule has 0 aliphatic heterocycles. The first-order valence-electron chi connectivity index (χ1n) is 21.5. The van der Waals surface area contributed by atoms with E-state index in [0.717, 1.165) is 51.7 Å². The molecule has 0 heterocycles. The predicted molar refractivity (Wildman–Crippen MR) is 215 cm³/mol. The van der Waals surface area contributed by atoms with Crippen LogP contribution in [0.1, 0.15) is 194 Å². The topological polar surface area (TPSA) is 64.6 Å². The molecule has 0 spiro atoms. The lowest BCUT2D eigenvalue weighted by Gasteiger charge is -2.21. The van der Waals surface area contributed by atoms with Gasteiger partial charge in [-0.2, -0.15) is 0 Å². The maximum absolute atomic E-state index is 6.42. The largest absolute Gasteiger partial charge is 0.356 e. The van der Waals surface area contributed by atoms with Crippen LogP contribution in [0.15, 0.2) is 24.3 Å². The molecule has 0 aromatic carbocycles. The molecule has 304 valence electrons. The third-order valence-corrected chi connectivity index (χ3v) is 9.59. The van der Waals surface area contributed by atoms with Crippen LogP contribution in [0.4, 0.5) is 0 Å². The molecule has 0 aliphatic carbocycles. The molecular formula is C44H86O7. The van der Waals surface area contributed by atoms with Crippen molar-refractivity contribution < 1.29 is 33.2 Å². The molecule has 0 saturated carbocycles. The van der Waals surface area contributed by atoms with E-state index in [9.17, 15) is 0 Å². The molecule has 0 radical (unpaired) electrons. The van der Waals surface area contributed by atoms with Crippen LogP contribution in [0.3, 0.4) is 0 Å². The van der Waals surface area contributed by atoms with Crippen LogP contribution in [0.5, 0.6) is 0 Å². The second kappa shape index (κ2) is 41.9. The highest BCUT2D eigenvalue weighted by molar-refractivity contribution is 4.89. The van der Waals surface area contributed by atoms with Gasteiger partial charge in [0.2, 0.25) is 0 Å². The highest BCUT2D eigenvalue weighted by Gasteiger charge is 2.13. The van der Waals surface area contributed by atoms with Gasteiger partial charge in [-0.15, -0.1) is 0 Å². The van der Waals surface area contributed by atoms with Gasteiger partial charge in [0.1, 0.15) is 0 Å². The molecule has 51 heavy (non-hydrogen) atoms. The summed E-state index contributed by atoms with van der Waals surface area (Å²) in [5.74, 6) is 0. The number of unbranched alkanes of at least 4 members (excludes halogenated alkanes) is 22. The Morgan fingerprint density at radius 2 is 0.686 bits per heavy atom. The Kier molecular flexibility index (Phi) is 41.3. The van der Waals surface area contributed by atoms with Gasteiger partial charge in [-0.05, 0) is 76.4 Å². The minimum absolute atomic E-state index is 0.0421. The SMILES string of the molecule is CCCCCOC(C=CCCCCCCCCCCCC(OC)OC)OC(C=CCCCCCCCCCCCC(OC)OC)OCCCCC. The molecule has 2 atom stereocenters. The van der Waals surface area contributed by atoms with Crippen molar-refractivity contribution in [1.29, 1.82) is 0 Å². The molecule has 2 unspecified atom stereocenters. The van der Waals surface area contributed by atoms with E-state index in [1.165, 1.54) is 141 Å². The van der Waals surface area contributed by atoms with Gasteiger partial charge in [0.25, 0.3) is 0 Å². The first-order valence-corrected chi connectivity index (χ1v) is 21.5. The Balaban J connectivity index is 4.44. The van der Waals surface area contributed by atoms with Crippen LogP contribution in [0.2, 0.25) is 0 Å². The van der Waals surface area contributed by atoms with Gasteiger partial charge in [0.15, 0.2) is 25.2 Å². The van der Waals surface area contributed by atoms with Crippen LogP contribution in [0.25, 0.3) is 0 Å². The molecule has 0 rings (SSSR count). The van der Waals surface area contributed by atoms with Gasteiger partial charge in [0, 0.05) is 28.4 Å². The normalized spacial score (nSPS) is 13.5. The summed E-state index contributed by atoms with van der Waals surface area (Å²) in [6.45, 7) is 5.89. The fraction of sp³-hybridized carbons (Fsp3) is 0.909. The summed E-state index contributed by atoms with van der Waals surface area (Å²) in [6, 6.07) is 0. The molecule has 0 fully saturated rings. The summed E-state index contributed by atoms with van der Waals surface area (Å²) in [5.41, 5.74) is 0. The smallest absolute Gasteiger partial charge is 0.180 e. The summed E-state index contributed by atoms with van der Waals surface area (Å²) < 4.78 is 39.9. The van der Waals surface area contributed by atoms with Gasteiger partial charge in [0.05, 0.1) is 13.2 Å². The van der Waals surface area contributed by atoms with Crippen molar-refractivity contribution in [3.8, 4) is 0 Å². The highest BCUT2D eigenvalue weighted by Crippen LogP contribution is 2.16. The van der Waals surface area contributed by atoms with Crippen molar-refractivity contribution >= 4 is 0 Å². The van der Waals surface area contributed by atoms with Crippen LogP contribution in [0, 0.1) is 0 Å². The third-order valence-electron chi connectivity index (χ3n) is 9.59. The zero-order valence-corrected chi connectivity index (χ0v) is 34.7. The fourth-order valence-electron chi connectivity index (χ4n) is 6.22. The van der Waals surface area contributed by atoms with E-state index in [2.05, 4.69) is 38.2 Å². The van der Waals surface area contributed by atoms with Crippen molar-refractivity contribution in [2.45, 2.75) is 219 Å². The average Bonchev–Trinajstić information content (AvgIpc) is 3.15. The molecule has 0 amide bonds. The molecule has 7 nitrogen and oxygen atoms in total. The molecule has 0 bridgehead atoms. The summed E-state index contributed by atoms with van der Waals surface area (Å²) in [4.78, 5) is 0. The van der Waals surface area contributed by atoms with E-state index in [4.69, 9.17) is 33.2 Å². The second-order valence-electron chi connectivity index (χ2n) is 14.2. The second-order valence-corrected chi connectivity index (χ2v) is 14.2. The van der Waals surface area contributed by atoms with Crippen molar-refractivity contribution in [2.75, 3.05) is 41.7 Å². The first kappa shape index (κ1) is 50.2. The zero-order chi connectivity index (χ0) is 37.3. The highest BCUT2D eigenvalue weighted by atomic mass is 16.8. The van der Waals surface area contributed by atoms with Crippen LogP contribution >= 0.6 is 0 Å². The van der Waals surface area contributed by atoms with E-state index in [0.29, 0.717) is 0 Å². The Labute approximate surface area is 317 Å². The average molecular weight is 727 g/mol. The Morgan fingerprint density at radius 1 is 0.373 bits per heavy atom. The Bertz CT molecular complexity index is 650. The summed E-state index contributed by atoms with van der Waals surface area (Å²) in [6.07, 6.45) is 42.1. The fourth-order valence-corrected chi connectivity index (χ4v) is 6.22. The summed E-state index contributed by atoms with van der Waals surface area (Å²) in [5, 5.41) is 0. The third kappa shape index (κ3) is 36.0. The minimum atomic E-state index is -0.368. The molecule has 0 aromatic rings. The Hall–Kier alpha value is -0.800. The minimum Gasteiger partial charge on any atom is -0.356 e. The van der Waals surface area contributed by atoms with Crippen LogP contribution < -0.4 is 0 Å². The van der Waals surface area contributed by atoms with E-state index < -0.39 is 0 Å². The standard InChI is InChI=1S/C44H86O7/c1-7-9-33-39-49-43(37-31-27-23-19-15-11-13-17-21-25-29-35-41(45-3)46-4)51-44(50-40-34-10-8-2)38-32-28-24-20-16-12-14-18-22-26-30-36-42(47-5)48-6/h31-32,37-38,41-44H,7-30,33-36,39-40H2,1-6H3. The number of ether oxygens (including phenoxy) is 7. The van der Waals surface area contributed by atoms with E-state index in [-0.39, 0.29) is 25.2 Å². The summed E-state index contributed by atoms with van der Waals surface area (Å²) in [7, 11) is 6.87. The van der Waals surface area contributed by atoms with Gasteiger partial charge in [-0.1, -0.05) is 142 Å². The van der Waals surface area contributed by atoms with E-state index in [1.54, 1.807) is 28.4 Å². The van der Waals surface area contributed by atoms with E-state index in [1.807, 2.05) is 0 Å². The summed E-state index contributed by atoms with van der Waals surface area (Å²) >= 11 is 0. The number of rotatable bonds is 42. The predicted octanol–water partition coefficient (Wildman–Crippen LogP) is 13.0. The van der Waals surface area contributed by atoms with Gasteiger partial charge >= 0.3 is 0 Å². The molecular weight excluding hydrogens is 640 g/mol. The maximum atomic E-state index is 6.42. The van der Waals surface area contributed by atoms with Crippen LogP contribution in [-0.4, -0.2) is 66.8 Å². The zero-order valence-electron chi connectivity index (χ0n) is 34.7. The number of hydrogen-bond donors (Lipinski definition) is 0. The van der Waals surface area contributed by atoms with Crippen LogP contribution in [-0.2, 0) is 33.2 Å². The van der Waals surface area contributed by atoms with Gasteiger partial charge in [-0.3, -0.25) is 0 Å². The Morgan fingerprint density at radius 3 is 1.00 bits per heavy atom. The van der Waals surface area contributed by atoms with Gasteiger partial charge < -0.3 is 33.2 Å². The molecule has 7 heteroatoms. The quantitative estimate of drug-likeness (QED) is 0.0352. The number of methoxy groups -OCH3 is 4. The molecule has 0 N–H and O–H groups in total.